The second-order valence-corrected chi connectivity index (χ2v) is 4.33. The van der Waals surface area contributed by atoms with Gasteiger partial charge in [0.25, 0.3) is 0 Å². The summed E-state index contributed by atoms with van der Waals surface area (Å²) in [6, 6.07) is 8.78. The van der Waals surface area contributed by atoms with E-state index in [1.807, 2.05) is 18.2 Å². The lowest BCUT2D eigenvalue weighted by Gasteiger charge is -2.12. The number of methoxy groups -OCH3 is 1. The maximum atomic E-state index is 12.0. The van der Waals surface area contributed by atoms with Gasteiger partial charge >= 0.3 is 0 Å². The van der Waals surface area contributed by atoms with Gasteiger partial charge in [-0.3, -0.25) is 9.59 Å². The number of hydrogen-bond acceptors (Lipinski definition) is 4. The van der Waals surface area contributed by atoms with E-state index in [1.54, 1.807) is 6.07 Å². The highest BCUT2D eigenvalue weighted by molar-refractivity contribution is 6.13. The van der Waals surface area contributed by atoms with Crippen molar-refractivity contribution in [2.24, 2.45) is 0 Å². The Bertz CT molecular complexity index is 658. The molecule has 0 aliphatic heterocycles. The highest BCUT2D eigenvalue weighted by atomic mass is 16.5. The second-order valence-electron chi connectivity index (χ2n) is 4.33. The van der Waals surface area contributed by atoms with Crippen LogP contribution < -0.4 is 4.74 Å². The van der Waals surface area contributed by atoms with Crippen LogP contribution in [0.25, 0.3) is 10.8 Å². The number of fused-ring (bicyclic) bond motifs is 1. The summed E-state index contributed by atoms with van der Waals surface area (Å²) in [6.07, 6.45) is -0.248. The summed E-state index contributed by atoms with van der Waals surface area (Å²) in [4.78, 5) is 23.1. The van der Waals surface area contributed by atoms with E-state index in [1.165, 1.54) is 20.1 Å². The molecule has 0 saturated heterocycles. The maximum Gasteiger partial charge on any atom is 0.177 e. The van der Waals surface area contributed by atoms with Gasteiger partial charge in [-0.1, -0.05) is 24.3 Å². The van der Waals surface area contributed by atoms with E-state index in [9.17, 15) is 14.7 Å². The molecule has 0 aliphatic rings. The molecule has 0 aromatic heterocycles. The van der Waals surface area contributed by atoms with E-state index in [-0.39, 0.29) is 23.5 Å². The van der Waals surface area contributed by atoms with E-state index in [0.717, 1.165) is 10.8 Å². The minimum absolute atomic E-state index is 0.0661. The van der Waals surface area contributed by atoms with Crippen molar-refractivity contribution in [3.05, 3.63) is 35.9 Å². The summed E-state index contributed by atoms with van der Waals surface area (Å²) >= 11 is 0. The lowest BCUT2D eigenvalue weighted by atomic mass is 9.99. The van der Waals surface area contributed by atoms with Crippen LogP contribution in [0.2, 0.25) is 0 Å². The van der Waals surface area contributed by atoms with Gasteiger partial charge in [-0.25, -0.2) is 0 Å². The number of phenols is 1. The highest BCUT2D eigenvalue weighted by Crippen LogP contribution is 2.37. The molecule has 98 valence electrons. The Labute approximate surface area is 110 Å². The Kier molecular flexibility index (Phi) is 3.51. The zero-order chi connectivity index (χ0) is 14.0. The molecule has 0 atom stereocenters. The Morgan fingerprint density at radius 3 is 2.58 bits per heavy atom. The lowest BCUT2D eigenvalue weighted by molar-refractivity contribution is -0.116. The average Bonchev–Trinajstić information content (AvgIpc) is 2.35. The quantitative estimate of drug-likeness (QED) is 0.676. The van der Waals surface area contributed by atoms with Crippen molar-refractivity contribution < 1.29 is 19.4 Å². The number of aromatic hydroxyl groups is 1. The summed E-state index contributed by atoms with van der Waals surface area (Å²) < 4.78 is 5.25. The minimum Gasteiger partial charge on any atom is -0.507 e. The molecule has 0 aliphatic carbocycles. The van der Waals surface area contributed by atoms with E-state index < -0.39 is 5.78 Å². The molecule has 0 spiro atoms. The Morgan fingerprint density at radius 1 is 1.26 bits per heavy atom. The van der Waals surface area contributed by atoms with Crippen LogP contribution in [0.3, 0.4) is 0 Å². The van der Waals surface area contributed by atoms with Gasteiger partial charge in [0.1, 0.15) is 22.8 Å². The van der Waals surface area contributed by atoms with Gasteiger partial charge < -0.3 is 9.84 Å². The number of benzene rings is 2. The largest absolute Gasteiger partial charge is 0.507 e. The van der Waals surface area contributed by atoms with Crippen LogP contribution in [-0.2, 0) is 4.79 Å². The molecule has 1 N–H and O–H groups in total. The predicted octanol–water partition coefficient (Wildman–Crippen LogP) is 2.72. The molecule has 0 radical (unpaired) electrons. The summed E-state index contributed by atoms with van der Waals surface area (Å²) in [5.41, 5.74) is 0.0661. The number of phenolic OH excluding ortho intramolecular Hbond substituents is 1. The monoisotopic (exact) mass is 258 g/mol. The molecule has 2 aromatic carbocycles. The highest BCUT2D eigenvalue weighted by Gasteiger charge is 2.21. The molecule has 0 amide bonds. The van der Waals surface area contributed by atoms with Gasteiger partial charge in [-0.05, 0) is 18.4 Å². The van der Waals surface area contributed by atoms with Crippen molar-refractivity contribution in [2.45, 2.75) is 13.3 Å². The van der Waals surface area contributed by atoms with Gasteiger partial charge in [-0.15, -0.1) is 0 Å². The van der Waals surface area contributed by atoms with Crippen molar-refractivity contribution in [3.63, 3.8) is 0 Å². The SMILES string of the molecule is COc1c(C(=O)CC(C)=O)c(O)cc2ccccc12. The smallest absolute Gasteiger partial charge is 0.177 e. The molecular weight excluding hydrogens is 244 g/mol. The van der Waals surface area contributed by atoms with Crippen LogP contribution in [0.15, 0.2) is 30.3 Å². The fourth-order valence-electron chi connectivity index (χ4n) is 2.10. The molecule has 0 heterocycles. The molecule has 2 rings (SSSR count). The summed E-state index contributed by atoms with van der Waals surface area (Å²) in [7, 11) is 1.44. The fraction of sp³-hybridized carbons (Fsp3) is 0.200. The summed E-state index contributed by atoms with van der Waals surface area (Å²) in [6.45, 7) is 1.34. The van der Waals surface area contributed by atoms with E-state index in [2.05, 4.69) is 0 Å². The Hall–Kier alpha value is -2.36. The van der Waals surface area contributed by atoms with Crippen molar-refractivity contribution in [1.29, 1.82) is 0 Å². The minimum atomic E-state index is -0.437. The van der Waals surface area contributed by atoms with Crippen LogP contribution in [0.4, 0.5) is 0 Å². The standard InChI is InChI=1S/C15H14O4/c1-9(16)7-12(17)14-13(18)8-10-5-3-4-6-11(10)15(14)19-2/h3-6,8,18H,7H2,1-2H3. The molecule has 4 heteroatoms. The third kappa shape index (κ3) is 2.42. The Morgan fingerprint density at radius 2 is 1.95 bits per heavy atom. The third-order valence-electron chi connectivity index (χ3n) is 2.87. The average molecular weight is 258 g/mol. The van der Waals surface area contributed by atoms with Gasteiger partial charge in [0.05, 0.1) is 13.5 Å². The second kappa shape index (κ2) is 5.10. The van der Waals surface area contributed by atoms with Crippen molar-refractivity contribution in [1.82, 2.24) is 0 Å². The summed E-state index contributed by atoms with van der Waals surface area (Å²) in [5.74, 6) is -0.545. The van der Waals surface area contributed by atoms with Gasteiger partial charge in [-0.2, -0.15) is 0 Å². The first-order valence-electron chi connectivity index (χ1n) is 5.86. The van der Waals surface area contributed by atoms with Crippen LogP contribution >= 0.6 is 0 Å². The first-order valence-corrected chi connectivity index (χ1v) is 5.86. The molecule has 0 saturated carbocycles. The van der Waals surface area contributed by atoms with E-state index in [4.69, 9.17) is 4.74 Å². The van der Waals surface area contributed by atoms with Gasteiger partial charge in [0.15, 0.2) is 5.78 Å². The molecule has 0 bridgehead atoms. The normalized spacial score (nSPS) is 10.4. The van der Waals surface area contributed by atoms with Crippen molar-refractivity contribution in [2.75, 3.05) is 7.11 Å². The summed E-state index contributed by atoms with van der Waals surface area (Å²) in [5, 5.41) is 11.5. The number of rotatable bonds is 4. The Balaban J connectivity index is 2.69. The maximum absolute atomic E-state index is 12.0. The molecule has 0 unspecified atom stereocenters. The number of ketones is 2. The number of hydrogen-bond donors (Lipinski definition) is 1. The topological polar surface area (TPSA) is 63.6 Å². The van der Waals surface area contributed by atoms with Gasteiger partial charge in [0, 0.05) is 5.39 Å². The molecule has 0 fully saturated rings. The zero-order valence-electron chi connectivity index (χ0n) is 10.8. The predicted molar refractivity (Wildman–Crippen MR) is 71.8 cm³/mol. The molecule has 2 aromatic rings. The fourth-order valence-corrected chi connectivity index (χ4v) is 2.10. The molecular formula is C15H14O4. The number of Topliss-reactive ketones (excluding diaryl/α,β-unsaturated/α-hetero) is 2. The van der Waals surface area contributed by atoms with E-state index in [0.29, 0.717) is 5.75 Å². The van der Waals surface area contributed by atoms with Crippen molar-refractivity contribution in [3.8, 4) is 11.5 Å². The number of ether oxygens (including phenoxy) is 1. The van der Waals surface area contributed by atoms with Crippen molar-refractivity contribution >= 4 is 22.3 Å². The van der Waals surface area contributed by atoms with E-state index >= 15 is 0 Å². The van der Waals surface area contributed by atoms with Crippen LogP contribution in [0, 0.1) is 0 Å². The first kappa shape index (κ1) is 13.1. The van der Waals surface area contributed by atoms with Gasteiger partial charge in [0.2, 0.25) is 0 Å². The third-order valence-corrected chi connectivity index (χ3v) is 2.87. The van der Waals surface area contributed by atoms with Crippen LogP contribution in [0.1, 0.15) is 23.7 Å². The molecule has 19 heavy (non-hydrogen) atoms. The zero-order valence-corrected chi connectivity index (χ0v) is 10.8. The number of carbonyl (C=O) groups excluding carboxylic acids is 2. The number of carbonyl (C=O) groups is 2. The molecule has 4 nitrogen and oxygen atoms in total. The van der Waals surface area contributed by atoms with Crippen LogP contribution in [-0.4, -0.2) is 23.8 Å². The lowest BCUT2D eigenvalue weighted by Crippen LogP contribution is -2.07. The van der Waals surface area contributed by atoms with Crippen LogP contribution in [0.5, 0.6) is 11.5 Å². The first-order chi connectivity index (χ1) is 9.04.